The van der Waals surface area contributed by atoms with Gasteiger partial charge in [0, 0.05) is 39.0 Å². The number of Topliss-reactive ketones (excluding diaryl/α,β-unsaturated/α-hetero) is 1. The average molecular weight is 448 g/mol. The number of carbonyl (C=O) groups is 2. The van der Waals surface area contributed by atoms with Crippen molar-refractivity contribution < 1.29 is 19.1 Å². The molecular formula is C22H33N3O5Si. The van der Waals surface area contributed by atoms with E-state index < -0.39 is 14.0 Å². The molecule has 2 heterocycles. The van der Waals surface area contributed by atoms with Gasteiger partial charge in [0.15, 0.2) is 0 Å². The predicted octanol–water partition coefficient (Wildman–Crippen LogP) is 3.62. The van der Waals surface area contributed by atoms with Gasteiger partial charge in [0.25, 0.3) is 5.56 Å². The monoisotopic (exact) mass is 447 g/mol. The van der Waals surface area contributed by atoms with Crippen molar-refractivity contribution in [1.82, 2.24) is 14.3 Å². The standard InChI is InChI=1S/C22H33N3O5Si/c1-15(26)16-6-8-17(9-7-16)25-13-19(22(28)29-2)20-18(21(25)27)12-24(23-20)14-30-10-11-31(3,4)5/h12-13,16-17H,6-11,14H2,1-5H3. The molecular weight excluding hydrogens is 414 g/mol. The molecule has 8 nitrogen and oxygen atoms in total. The Labute approximate surface area is 183 Å². The number of esters is 1. The molecule has 0 aromatic carbocycles. The number of methoxy groups -OCH3 is 1. The first kappa shape index (κ1) is 23.4. The summed E-state index contributed by atoms with van der Waals surface area (Å²) in [5.41, 5.74) is 0.424. The van der Waals surface area contributed by atoms with E-state index in [0.717, 1.165) is 31.7 Å². The van der Waals surface area contributed by atoms with Crippen molar-refractivity contribution >= 4 is 30.7 Å². The first-order chi connectivity index (χ1) is 14.6. The zero-order chi connectivity index (χ0) is 22.8. The van der Waals surface area contributed by atoms with Crippen LogP contribution in [0.25, 0.3) is 10.9 Å². The Kier molecular flexibility index (Phi) is 7.16. The smallest absolute Gasteiger partial charge is 0.341 e. The minimum Gasteiger partial charge on any atom is -0.465 e. The summed E-state index contributed by atoms with van der Waals surface area (Å²) >= 11 is 0. The molecule has 0 saturated heterocycles. The lowest BCUT2D eigenvalue weighted by Gasteiger charge is -2.28. The van der Waals surface area contributed by atoms with Gasteiger partial charge in [-0.3, -0.25) is 9.59 Å². The van der Waals surface area contributed by atoms with E-state index in [1.165, 1.54) is 7.11 Å². The third kappa shape index (κ3) is 5.51. The van der Waals surface area contributed by atoms with Crippen LogP contribution in [0, 0.1) is 5.92 Å². The number of carbonyl (C=O) groups excluding carboxylic acids is 2. The number of ketones is 1. The number of hydrogen-bond donors (Lipinski definition) is 0. The van der Waals surface area contributed by atoms with Crippen molar-refractivity contribution in [3.63, 3.8) is 0 Å². The molecule has 1 saturated carbocycles. The maximum atomic E-state index is 13.2. The van der Waals surface area contributed by atoms with Crippen LogP contribution in [0.15, 0.2) is 17.2 Å². The Bertz CT molecular complexity index is 1010. The summed E-state index contributed by atoms with van der Waals surface area (Å²) in [6, 6.07) is 0.990. The largest absolute Gasteiger partial charge is 0.465 e. The highest BCUT2D eigenvalue weighted by molar-refractivity contribution is 6.76. The highest BCUT2D eigenvalue weighted by atomic mass is 28.3. The molecule has 1 aliphatic carbocycles. The van der Waals surface area contributed by atoms with Gasteiger partial charge in [0.05, 0.1) is 12.5 Å². The molecule has 0 unspecified atom stereocenters. The van der Waals surface area contributed by atoms with E-state index >= 15 is 0 Å². The van der Waals surface area contributed by atoms with E-state index in [2.05, 4.69) is 24.7 Å². The molecule has 0 amide bonds. The van der Waals surface area contributed by atoms with Crippen molar-refractivity contribution in [3.05, 3.63) is 28.3 Å². The summed E-state index contributed by atoms with van der Waals surface area (Å²) in [4.78, 5) is 37.4. The second kappa shape index (κ2) is 9.48. The number of hydrogen-bond acceptors (Lipinski definition) is 6. The van der Waals surface area contributed by atoms with E-state index in [9.17, 15) is 14.4 Å². The van der Waals surface area contributed by atoms with Gasteiger partial charge in [-0.05, 0) is 38.7 Å². The zero-order valence-electron chi connectivity index (χ0n) is 19.1. The van der Waals surface area contributed by atoms with Crippen molar-refractivity contribution in [3.8, 4) is 0 Å². The quantitative estimate of drug-likeness (QED) is 0.349. The third-order valence-electron chi connectivity index (χ3n) is 6.04. The van der Waals surface area contributed by atoms with Crippen LogP contribution < -0.4 is 5.56 Å². The van der Waals surface area contributed by atoms with Crippen LogP contribution in [0.2, 0.25) is 25.7 Å². The number of fused-ring (bicyclic) bond motifs is 1. The molecule has 1 fully saturated rings. The van der Waals surface area contributed by atoms with Gasteiger partial charge in [-0.15, -0.1) is 0 Å². The molecule has 1 aliphatic rings. The molecule has 0 spiro atoms. The Morgan fingerprint density at radius 1 is 1.16 bits per heavy atom. The Balaban J connectivity index is 1.89. The van der Waals surface area contributed by atoms with E-state index in [4.69, 9.17) is 9.47 Å². The van der Waals surface area contributed by atoms with Crippen molar-refractivity contribution in [1.29, 1.82) is 0 Å². The fraction of sp³-hybridized carbons (Fsp3) is 0.636. The Morgan fingerprint density at radius 2 is 1.84 bits per heavy atom. The van der Waals surface area contributed by atoms with Gasteiger partial charge in [0.1, 0.15) is 23.6 Å². The molecule has 170 valence electrons. The summed E-state index contributed by atoms with van der Waals surface area (Å²) in [6.45, 7) is 9.34. The second-order valence-corrected chi connectivity index (χ2v) is 15.3. The average Bonchev–Trinajstić information content (AvgIpc) is 3.15. The lowest BCUT2D eigenvalue weighted by atomic mass is 9.83. The van der Waals surface area contributed by atoms with Crippen molar-refractivity contribution in [2.45, 2.75) is 71.1 Å². The van der Waals surface area contributed by atoms with Crippen LogP contribution in [0.1, 0.15) is 49.0 Å². The van der Waals surface area contributed by atoms with E-state index in [1.54, 1.807) is 28.6 Å². The topological polar surface area (TPSA) is 92.4 Å². The fourth-order valence-corrected chi connectivity index (χ4v) is 4.83. The number of nitrogens with zero attached hydrogens (tertiary/aromatic N) is 3. The summed E-state index contributed by atoms with van der Waals surface area (Å²) < 4.78 is 13.9. The number of aromatic nitrogens is 3. The molecule has 9 heteroatoms. The number of ether oxygens (including phenoxy) is 2. The van der Waals surface area contributed by atoms with Crippen LogP contribution in [0.4, 0.5) is 0 Å². The molecule has 31 heavy (non-hydrogen) atoms. The van der Waals surface area contributed by atoms with E-state index in [0.29, 0.717) is 17.5 Å². The predicted molar refractivity (Wildman–Crippen MR) is 121 cm³/mol. The lowest BCUT2D eigenvalue weighted by molar-refractivity contribution is -0.121. The van der Waals surface area contributed by atoms with Gasteiger partial charge in [0.2, 0.25) is 0 Å². The minimum atomic E-state index is -1.19. The maximum Gasteiger partial charge on any atom is 0.341 e. The van der Waals surface area contributed by atoms with E-state index in [1.807, 2.05) is 0 Å². The summed E-state index contributed by atoms with van der Waals surface area (Å²) in [5.74, 6) is -0.264. The molecule has 0 N–H and O–H groups in total. The summed E-state index contributed by atoms with van der Waals surface area (Å²) in [5, 5.41) is 4.82. The van der Waals surface area contributed by atoms with Crippen LogP contribution >= 0.6 is 0 Å². The summed E-state index contributed by atoms with van der Waals surface area (Å²) in [6.07, 6.45) is 6.17. The first-order valence-corrected chi connectivity index (χ1v) is 14.6. The molecule has 2 aromatic heterocycles. The molecule has 2 aromatic rings. The van der Waals surface area contributed by atoms with Gasteiger partial charge < -0.3 is 14.0 Å². The van der Waals surface area contributed by atoms with Gasteiger partial charge in [-0.2, -0.15) is 5.10 Å². The second-order valence-electron chi connectivity index (χ2n) is 9.64. The van der Waals surface area contributed by atoms with Crippen LogP contribution in [0.5, 0.6) is 0 Å². The minimum absolute atomic E-state index is 0.0488. The van der Waals surface area contributed by atoms with E-state index in [-0.39, 0.29) is 35.6 Å². The SMILES string of the molecule is COC(=O)c1cn(C2CCC(C(C)=O)CC2)c(=O)c2cn(COCC[Si](C)(C)C)nc12. The van der Waals surface area contributed by atoms with Crippen LogP contribution in [-0.4, -0.2) is 47.9 Å². The molecule has 3 rings (SSSR count). The summed E-state index contributed by atoms with van der Waals surface area (Å²) in [7, 11) is 0.124. The van der Waals surface area contributed by atoms with Crippen LogP contribution in [-0.2, 0) is 21.0 Å². The molecule has 0 aliphatic heterocycles. The van der Waals surface area contributed by atoms with Gasteiger partial charge >= 0.3 is 5.97 Å². The maximum absolute atomic E-state index is 13.2. The van der Waals surface area contributed by atoms with Crippen molar-refractivity contribution in [2.24, 2.45) is 5.92 Å². The van der Waals surface area contributed by atoms with Crippen molar-refractivity contribution in [2.75, 3.05) is 13.7 Å². The Hall–Kier alpha value is -2.26. The first-order valence-electron chi connectivity index (χ1n) is 10.9. The molecule has 0 atom stereocenters. The highest BCUT2D eigenvalue weighted by Gasteiger charge is 2.28. The molecule has 0 radical (unpaired) electrons. The number of rotatable bonds is 8. The lowest BCUT2D eigenvalue weighted by Crippen LogP contribution is -2.30. The zero-order valence-corrected chi connectivity index (χ0v) is 20.1. The highest BCUT2D eigenvalue weighted by Crippen LogP contribution is 2.32. The van der Waals surface area contributed by atoms with Gasteiger partial charge in [-0.1, -0.05) is 19.6 Å². The molecule has 0 bridgehead atoms. The normalized spacial score (nSPS) is 19.5. The van der Waals surface area contributed by atoms with Crippen LogP contribution in [0.3, 0.4) is 0 Å². The Morgan fingerprint density at radius 3 is 2.42 bits per heavy atom. The fourth-order valence-electron chi connectivity index (χ4n) is 4.07. The third-order valence-corrected chi connectivity index (χ3v) is 7.74. The van der Waals surface area contributed by atoms with Gasteiger partial charge in [-0.25, -0.2) is 9.48 Å². The number of pyridine rings is 1.